The second-order valence-electron chi connectivity index (χ2n) is 5.82. The SMILES string of the molecule is Cn1ncc2c(N3CCC(C)(O)CC3)c(C(=O)O)cnc21. The van der Waals surface area contributed by atoms with Crippen LogP contribution in [-0.2, 0) is 7.05 Å². The number of aromatic carboxylic acids is 1. The maximum absolute atomic E-state index is 11.5. The number of anilines is 1. The summed E-state index contributed by atoms with van der Waals surface area (Å²) in [6.07, 6.45) is 4.25. The van der Waals surface area contributed by atoms with Crippen LogP contribution in [0.2, 0.25) is 0 Å². The third-order valence-electron chi connectivity index (χ3n) is 4.12. The zero-order valence-corrected chi connectivity index (χ0v) is 12.1. The number of nitrogens with zero attached hydrogens (tertiary/aromatic N) is 4. The van der Waals surface area contributed by atoms with Gasteiger partial charge in [-0.2, -0.15) is 5.10 Å². The molecule has 0 bridgehead atoms. The van der Waals surface area contributed by atoms with Crippen molar-refractivity contribution in [2.45, 2.75) is 25.4 Å². The van der Waals surface area contributed by atoms with Gasteiger partial charge in [-0.15, -0.1) is 0 Å². The molecule has 0 aromatic carbocycles. The lowest BCUT2D eigenvalue weighted by Crippen LogP contribution is -2.43. The Morgan fingerprint density at radius 3 is 2.62 bits per heavy atom. The molecule has 3 heterocycles. The van der Waals surface area contributed by atoms with Crippen molar-refractivity contribution in [3.05, 3.63) is 18.0 Å². The highest BCUT2D eigenvalue weighted by molar-refractivity contribution is 6.03. The van der Waals surface area contributed by atoms with E-state index in [1.807, 2.05) is 11.8 Å². The van der Waals surface area contributed by atoms with E-state index in [1.165, 1.54) is 6.20 Å². The zero-order chi connectivity index (χ0) is 15.2. The highest BCUT2D eigenvalue weighted by Gasteiger charge is 2.30. The molecule has 7 heteroatoms. The van der Waals surface area contributed by atoms with Crippen molar-refractivity contribution in [1.82, 2.24) is 14.8 Å². The molecule has 0 aliphatic carbocycles. The molecule has 2 aromatic heterocycles. The minimum Gasteiger partial charge on any atom is -0.478 e. The first-order valence-corrected chi connectivity index (χ1v) is 6.90. The summed E-state index contributed by atoms with van der Waals surface area (Å²) in [6, 6.07) is 0. The molecule has 0 radical (unpaired) electrons. The van der Waals surface area contributed by atoms with Gasteiger partial charge in [0, 0.05) is 26.3 Å². The molecule has 3 rings (SSSR count). The third-order valence-corrected chi connectivity index (χ3v) is 4.12. The standard InChI is InChI=1S/C14H18N4O3/c1-14(21)3-5-18(6-4-14)11-9-8-16-17(2)12(9)15-7-10(11)13(19)20/h7-8,21H,3-6H2,1-2H3,(H,19,20). The Morgan fingerprint density at radius 2 is 2.00 bits per heavy atom. The first kappa shape index (κ1) is 13.8. The molecule has 0 spiro atoms. The molecule has 0 atom stereocenters. The molecule has 1 saturated heterocycles. The fourth-order valence-electron chi connectivity index (χ4n) is 2.79. The normalized spacial score (nSPS) is 18.1. The topological polar surface area (TPSA) is 91.5 Å². The van der Waals surface area contributed by atoms with E-state index in [2.05, 4.69) is 10.1 Å². The van der Waals surface area contributed by atoms with Gasteiger partial charge in [-0.1, -0.05) is 0 Å². The fraction of sp³-hybridized carbons (Fsp3) is 0.500. The van der Waals surface area contributed by atoms with Gasteiger partial charge in [0.2, 0.25) is 0 Å². The van der Waals surface area contributed by atoms with Crippen LogP contribution in [0, 0.1) is 0 Å². The van der Waals surface area contributed by atoms with E-state index in [9.17, 15) is 15.0 Å². The molecule has 21 heavy (non-hydrogen) atoms. The van der Waals surface area contributed by atoms with Crippen LogP contribution < -0.4 is 4.90 Å². The molecule has 2 aromatic rings. The first-order chi connectivity index (χ1) is 9.89. The predicted molar refractivity (Wildman–Crippen MR) is 77.5 cm³/mol. The Morgan fingerprint density at radius 1 is 1.33 bits per heavy atom. The summed E-state index contributed by atoms with van der Waals surface area (Å²) in [5, 5.41) is 24.4. The first-order valence-electron chi connectivity index (χ1n) is 6.90. The number of carboxylic acid groups (broad SMARTS) is 1. The number of aromatic nitrogens is 3. The molecule has 0 unspecified atom stereocenters. The van der Waals surface area contributed by atoms with Crippen molar-refractivity contribution in [3.8, 4) is 0 Å². The molecule has 1 fully saturated rings. The summed E-state index contributed by atoms with van der Waals surface area (Å²) in [5.74, 6) is -0.999. The van der Waals surface area contributed by atoms with Crippen molar-refractivity contribution in [2.75, 3.05) is 18.0 Å². The Hall–Kier alpha value is -2.15. The van der Waals surface area contributed by atoms with Crippen LogP contribution in [0.4, 0.5) is 5.69 Å². The van der Waals surface area contributed by atoms with Gasteiger partial charge in [0.15, 0.2) is 5.65 Å². The van der Waals surface area contributed by atoms with Gasteiger partial charge in [0.05, 0.1) is 22.9 Å². The number of hydrogen-bond acceptors (Lipinski definition) is 5. The summed E-state index contributed by atoms with van der Waals surface area (Å²) in [4.78, 5) is 17.7. The van der Waals surface area contributed by atoms with E-state index in [-0.39, 0.29) is 5.56 Å². The Labute approximate surface area is 121 Å². The summed E-state index contributed by atoms with van der Waals surface area (Å²) >= 11 is 0. The lowest BCUT2D eigenvalue weighted by Gasteiger charge is -2.37. The molecule has 7 nitrogen and oxygen atoms in total. The molecule has 0 saturated carbocycles. The van der Waals surface area contributed by atoms with E-state index in [1.54, 1.807) is 17.9 Å². The molecule has 112 valence electrons. The van der Waals surface area contributed by atoms with Gasteiger partial charge in [-0.05, 0) is 19.8 Å². The van der Waals surface area contributed by atoms with Crippen molar-refractivity contribution in [2.24, 2.45) is 7.05 Å². The molecule has 2 N–H and O–H groups in total. The van der Waals surface area contributed by atoms with Crippen LogP contribution >= 0.6 is 0 Å². The molecule has 1 aliphatic heterocycles. The van der Waals surface area contributed by atoms with E-state index < -0.39 is 11.6 Å². The van der Waals surface area contributed by atoms with E-state index >= 15 is 0 Å². The van der Waals surface area contributed by atoms with E-state index in [0.717, 1.165) is 5.39 Å². The lowest BCUT2D eigenvalue weighted by molar-refractivity contribution is 0.0351. The second kappa shape index (κ2) is 4.70. The number of piperidine rings is 1. The summed E-state index contributed by atoms with van der Waals surface area (Å²) < 4.78 is 1.63. The minimum absolute atomic E-state index is 0.178. The van der Waals surface area contributed by atoms with Gasteiger partial charge < -0.3 is 15.1 Å². The summed E-state index contributed by atoms with van der Waals surface area (Å²) in [6.45, 7) is 3.04. The number of carbonyl (C=O) groups is 1. The van der Waals surface area contributed by atoms with Crippen molar-refractivity contribution >= 4 is 22.7 Å². The fourth-order valence-corrected chi connectivity index (χ4v) is 2.79. The molecular formula is C14H18N4O3. The van der Waals surface area contributed by atoms with Crippen LogP contribution in [0.3, 0.4) is 0 Å². The molecule has 0 amide bonds. The van der Waals surface area contributed by atoms with Crippen molar-refractivity contribution in [1.29, 1.82) is 0 Å². The van der Waals surface area contributed by atoms with Gasteiger partial charge in [0.25, 0.3) is 0 Å². The number of aliphatic hydroxyl groups is 1. The number of fused-ring (bicyclic) bond motifs is 1. The number of carboxylic acids is 1. The lowest BCUT2D eigenvalue weighted by atomic mass is 9.93. The van der Waals surface area contributed by atoms with Gasteiger partial charge in [-0.25, -0.2) is 9.78 Å². The van der Waals surface area contributed by atoms with Gasteiger partial charge in [0.1, 0.15) is 5.56 Å². The molecular weight excluding hydrogens is 272 g/mol. The number of hydrogen-bond donors (Lipinski definition) is 2. The van der Waals surface area contributed by atoms with Crippen LogP contribution in [0.15, 0.2) is 12.4 Å². The third kappa shape index (κ3) is 2.33. The summed E-state index contributed by atoms with van der Waals surface area (Å²) in [5.41, 5.74) is 0.807. The highest BCUT2D eigenvalue weighted by atomic mass is 16.4. The maximum Gasteiger partial charge on any atom is 0.339 e. The monoisotopic (exact) mass is 290 g/mol. The quantitative estimate of drug-likeness (QED) is 0.858. The Bertz CT molecular complexity index is 698. The Kier molecular flexibility index (Phi) is 3.09. The zero-order valence-electron chi connectivity index (χ0n) is 12.1. The number of rotatable bonds is 2. The second-order valence-corrected chi connectivity index (χ2v) is 5.82. The predicted octanol–water partition coefficient (Wildman–Crippen LogP) is 1.02. The van der Waals surface area contributed by atoms with Crippen LogP contribution in [0.1, 0.15) is 30.1 Å². The average Bonchev–Trinajstić information content (AvgIpc) is 2.80. The number of aryl methyl sites for hydroxylation is 1. The summed E-state index contributed by atoms with van der Waals surface area (Å²) in [7, 11) is 1.78. The van der Waals surface area contributed by atoms with Gasteiger partial charge in [-0.3, -0.25) is 4.68 Å². The van der Waals surface area contributed by atoms with E-state index in [4.69, 9.17) is 0 Å². The smallest absolute Gasteiger partial charge is 0.339 e. The Balaban J connectivity index is 2.11. The van der Waals surface area contributed by atoms with Crippen LogP contribution in [-0.4, -0.2) is 49.6 Å². The van der Waals surface area contributed by atoms with Gasteiger partial charge >= 0.3 is 5.97 Å². The number of pyridine rings is 1. The average molecular weight is 290 g/mol. The largest absolute Gasteiger partial charge is 0.478 e. The molecule has 1 aliphatic rings. The van der Waals surface area contributed by atoms with Crippen LogP contribution in [0.5, 0.6) is 0 Å². The van der Waals surface area contributed by atoms with Crippen LogP contribution in [0.25, 0.3) is 11.0 Å². The van der Waals surface area contributed by atoms with Crippen molar-refractivity contribution in [3.63, 3.8) is 0 Å². The maximum atomic E-state index is 11.5. The van der Waals surface area contributed by atoms with E-state index in [0.29, 0.717) is 37.3 Å². The highest BCUT2D eigenvalue weighted by Crippen LogP contribution is 2.33. The minimum atomic E-state index is -0.999. The van der Waals surface area contributed by atoms with Crippen molar-refractivity contribution < 1.29 is 15.0 Å².